The third-order valence-corrected chi connectivity index (χ3v) is 6.79. The van der Waals surface area contributed by atoms with Gasteiger partial charge in [0, 0.05) is 5.54 Å². The molecule has 1 aliphatic heterocycles. The molecule has 0 aromatic carbocycles. The highest BCUT2D eigenvalue weighted by atomic mass is 16.3. The first-order chi connectivity index (χ1) is 9.16. The average molecular weight is 264 g/mol. The first-order valence-corrected chi connectivity index (χ1v) is 8.33. The normalized spacial score (nSPS) is 49.3. The summed E-state index contributed by atoms with van der Waals surface area (Å²) in [5.41, 5.74) is 6.28. The smallest absolute Gasteiger partial charge is 0.0753 e. The summed E-state index contributed by atoms with van der Waals surface area (Å²) in [6.45, 7) is 1.95. The first kappa shape index (κ1) is 12.6. The summed E-state index contributed by atoms with van der Waals surface area (Å²) in [7, 11) is 0. The van der Waals surface area contributed by atoms with Crippen molar-refractivity contribution in [1.29, 1.82) is 0 Å². The van der Waals surface area contributed by atoms with Gasteiger partial charge in [-0.25, -0.2) is 0 Å². The standard InChI is InChI=1S/C16H28N2O/c17-16(1-3-18-4-2-16)15(19)14-12-6-10-5-11(8-12)9-13(14)7-10/h10-15,18-19H,1-9,17H2. The van der Waals surface area contributed by atoms with Gasteiger partial charge in [0.05, 0.1) is 6.10 Å². The molecule has 5 rings (SSSR count). The number of aliphatic hydroxyl groups excluding tert-OH is 1. The number of rotatable bonds is 2. The van der Waals surface area contributed by atoms with E-state index in [1.807, 2.05) is 0 Å². The van der Waals surface area contributed by atoms with E-state index in [0.29, 0.717) is 5.92 Å². The molecule has 5 aliphatic rings. The Balaban J connectivity index is 1.55. The van der Waals surface area contributed by atoms with Crippen molar-refractivity contribution in [2.45, 2.75) is 56.6 Å². The van der Waals surface area contributed by atoms with E-state index in [-0.39, 0.29) is 11.6 Å². The Bertz CT molecular complexity index is 323. The number of nitrogens with two attached hydrogens (primary N) is 1. The lowest BCUT2D eigenvalue weighted by Crippen LogP contribution is -2.63. The summed E-state index contributed by atoms with van der Waals surface area (Å²) in [6, 6.07) is 0. The second-order valence-corrected chi connectivity index (χ2v) is 7.94. The molecule has 0 spiro atoms. The first-order valence-electron chi connectivity index (χ1n) is 8.33. The van der Waals surface area contributed by atoms with Gasteiger partial charge in [0.1, 0.15) is 0 Å². The number of aliphatic hydroxyl groups is 1. The highest BCUT2D eigenvalue weighted by Crippen LogP contribution is 2.58. The molecule has 0 radical (unpaired) electrons. The van der Waals surface area contributed by atoms with Crippen LogP contribution in [0.3, 0.4) is 0 Å². The number of piperidine rings is 1. The Morgan fingerprint density at radius 3 is 2.00 bits per heavy atom. The third kappa shape index (κ3) is 1.97. The van der Waals surface area contributed by atoms with Crippen molar-refractivity contribution in [1.82, 2.24) is 5.32 Å². The second kappa shape index (κ2) is 4.44. The predicted octanol–water partition coefficient (Wildman–Crippen LogP) is 1.50. The van der Waals surface area contributed by atoms with Gasteiger partial charge in [-0.15, -0.1) is 0 Å². The quantitative estimate of drug-likeness (QED) is 0.708. The van der Waals surface area contributed by atoms with Gasteiger partial charge in [-0.1, -0.05) is 0 Å². The van der Waals surface area contributed by atoms with Crippen LogP contribution in [0.4, 0.5) is 0 Å². The van der Waals surface area contributed by atoms with Gasteiger partial charge in [-0.2, -0.15) is 0 Å². The molecule has 1 heterocycles. The molecule has 4 aliphatic carbocycles. The molecule has 1 atom stereocenters. The molecule has 3 heteroatoms. The SMILES string of the molecule is NC1(C(O)C2C3CC4CC(C3)CC2C4)CCNCC1. The zero-order chi connectivity index (χ0) is 13.0. The maximum Gasteiger partial charge on any atom is 0.0753 e. The second-order valence-electron chi connectivity index (χ2n) is 7.94. The summed E-state index contributed by atoms with van der Waals surface area (Å²) in [4.78, 5) is 0. The lowest BCUT2D eigenvalue weighted by molar-refractivity contribution is -0.115. The van der Waals surface area contributed by atoms with Crippen LogP contribution < -0.4 is 11.1 Å². The van der Waals surface area contributed by atoms with Crippen LogP contribution in [0.25, 0.3) is 0 Å². The predicted molar refractivity (Wildman–Crippen MR) is 75.6 cm³/mol. The summed E-state index contributed by atoms with van der Waals surface area (Å²) in [5, 5.41) is 14.4. The van der Waals surface area contributed by atoms with Gasteiger partial charge >= 0.3 is 0 Å². The molecular formula is C16H28N2O. The van der Waals surface area contributed by atoms with E-state index in [0.717, 1.165) is 49.6 Å². The van der Waals surface area contributed by atoms with E-state index in [4.69, 9.17) is 5.73 Å². The van der Waals surface area contributed by atoms with E-state index in [1.165, 1.54) is 32.1 Å². The van der Waals surface area contributed by atoms with Crippen molar-refractivity contribution in [2.75, 3.05) is 13.1 Å². The molecular weight excluding hydrogens is 236 g/mol. The fourth-order valence-electron chi connectivity index (χ4n) is 6.05. The van der Waals surface area contributed by atoms with Crippen molar-refractivity contribution < 1.29 is 5.11 Å². The Kier molecular flexibility index (Phi) is 2.95. The van der Waals surface area contributed by atoms with Crippen molar-refractivity contribution in [3.05, 3.63) is 0 Å². The Morgan fingerprint density at radius 2 is 1.47 bits per heavy atom. The van der Waals surface area contributed by atoms with Crippen LogP contribution in [0.5, 0.6) is 0 Å². The van der Waals surface area contributed by atoms with Crippen LogP contribution in [0.15, 0.2) is 0 Å². The van der Waals surface area contributed by atoms with Gasteiger partial charge in [-0.05, 0) is 87.6 Å². The minimum Gasteiger partial charge on any atom is -0.391 e. The third-order valence-electron chi connectivity index (χ3n) is 6.79. The molecule has 4 bridgehead atoms. The summed E-state index contributed by atoms with van der Waals surface area (Å²) in [5.74, 6) is 4.03. The maximum atomic E-state index is 11.0. The van der Waals surface area contributed by atoms with Crippen LogP contribution in [0, 0.1) is 29.6 Å². The largest absolute Gasteiger partial charge is 0.391 e. The molecule has 19 heavy (non-hydrogen) atoms. The van der Waals surface area contributed by atoms with Crippen LogP contribution in [-0.4, -0.2) is 29.8 Å². The van der Waals surface area contributed by atoms with Crippen LogP contribution >= 0.6 is 0 Å². The summed E-state index contributed by atoms with van der Waals surface area (Å²) >= 11 is 0. The number of nitrogens with one attached hydrogen (secondary N) is 1. The molecule has 0 amide bonds. The number of hydrogen-bond donors (Lipinski definition) is 3. The summed E-state index contributed by atoms with van der Waals surface area (Å²) < 4.78 is 0. The van der Waals surface area contributed by atoms with Crippen LogP contribution in [0.2, 0.25) is 0 Å². The fourth-order valence-corrected chi connectivity index (χ4v) is 6.05. The molecule has 0 aromatic rings. The minimum atomic E-state index is -0.314. The Hall–Kier alpha value is -0.120. The van der Waals surface area contributed by atoms with Gasteiger partial charge < -0.3 is 16.2 Å². The minimum absolute atomic E-state index is 0.260. The molecule has 5 fully saturated rings. The molecule has 1 saturated heterocycles. The topological polar surface area (TPSA) is 58.3 Å². The zero-order valence-corrected chi connectivity index (χ0v) is 11.9. The van der Waals surface area contributed by atoms with Gasteiger partial charge in [0.15, 0.2) is 0 Å². The Morgan fingerprint density at radius 1 is 0.947 bits per heavy atom. The Labute approximate surface area is 116 Å². The highest BCUT2D eigenvalue weighted by Gasteiger charge is 2.53. The van der Waals surface area contributed by atoms with Crippen molar-refractivity contribution in [3.63, 3.8) is 0 Å². The number of hydrogen-bond acceptors (Lipinski definition) is 3. The zero-order valence-electron chi connectivity index (χ0n) is 11.9. The van der Waals surface area contributed by atoms with Gasteiger partial charge in [0.25, 0.3) is 0 Å². The van der Waals surface area contributed by atoms with Crippen molar-refractivity contribution >= 4 is 0 Å². The fraction of sp³-hybridized carbons (Fsp3) is 1.00. The van der Waals surface area contributed by atoms with Gasteiger partial charge in [0.2, 0.25) is 0 Å². The molecule has 1 unspecified atom stereocenters. The molecule has 4 saturated carbocycles. The lowest BCUT2D eigenvalue weighted by atomic mass is 9.49. The van der Waals surface area contributed by atoms with E-state index in [9.17, 15) is 5.11 Å². The van der Waals surface area contributed by atoms with Crippen LogP contribution in [-0.2, 0) is 0 Å². The van der Waals surface area contributed by atoms with Crippen molar-refractivity contribution in [2.24, 2.45) is 35.3 Å². The lowest BCUT2D eigenvalue weighted by Gasteiger charge is -2.58. The monoisotopic (exact) mass is 264 g/mol. The molecule has 4 N–H and O–H groups in total. The van der Waals surface area contributed by atoms with Gasteiger partial charge in [-0.3, -0.25) is 0 Å². The van der Waals surface area contributed by atoms with Crippen molar-refractivity contribution in [3.8, 4) is 0 Å². The van der Waals surface area contributed by atoms with E-state index >= 15 is 0 Å². The average Bonchev–Trinajstić information content (AvgIpc) is 2.38. The van der Waals surface area contributed by atoms with E-state index in [2.05, 4.69) is 5.32 Å². The van der Waals surface area contributed by atoms with E-state index < -0.39 is 0 Å². The molecule has 3 nitrogen and oxygen atoms in total. The highest BCUT2D eigenvalue weighted by molar-refractivity contribution is 5.06. The maximum absolute atomic E-state index is 11.0. The molecule has 108 valence electrons. The molecule has 0 aromatic heterocycles. The summed E-state index contributed by atoms with van der Waals surface area (Å²) in [6.07, 6.45) is 8.62. The van der Waals surface area contributed by atoms with Crippen LogP contribution in [0.1, 0.15) is 44.9 Å². The van der Waals surface area contributed by atoms with E-state index in [1.54, 1.807) is 0 Å².